The first-order valence-electron chi connectivity index (χ1n) is 11.6. The van der Waals surface area contributed by atoms with Crippen molar-refractivity contribution >= 4 is 55.9 Å². The van der Waals surface area contributed by atoms with Gasteiger partial charge in [0.1, 0.15) is 0 Å². The first-order valence-corrected chi connectivity index (χ1v) is 13.8. The van der Waals surface area contributed by atoms with Crippen molar-refractivity contribution in [2.24, 2.45) is 0 Å². The van der Waals surface area contributed by atoms with Gasteiger partial charge in [-0.2, -0.15) is 9.40 Å². The molecule has 0 spiro atoms. The van der Waals surface area contributed by atoms with E-state index in [-0.39, 0.29) is 23.4 Å². The fraction of sp³-hybridized carbons (Fsp3) is 0.417. The average molecular weight is 539 g/mol. The molecule has 2 heterocycles. The maximum absolute atomic E-state index is 13.5. The van der Waals surface area contributed by atoms with Crippen LogP contribution in [0.3, 0.4) is 0 Å². The van der Waals surface area contributed by atoms with Crippen LogP contribution in [0.1, 0.15) is 32.8 Å². The summed E-state index contributed by atoms with van der Waals surface area (Å²) in [4.78, 5) is 13.7. The van der Waals surface area contributed by atoms with Gasteiger partial charge in [-0.3, -0.25) is 9.48 Å². The molecule has 1 fully saturated rings. The van der Waals surface area contributed by atoms with Gasteiger partial charge in [0.25, 0.3) is 0 Å². The second-order valence-corrected chi connectivity index (χ2v) is 11.3. The smallest absolute Gasteiger partial charge is 0.243 e. The largest absolute Gasteiger partial charge is 0.355 e. The van der Waals surface area contributed by atoms with Gasteiger partial charge in [0.15, 0.2) is 5.82 Å². The molecule has 3 aromatic rings. The lowest BCUT2D eigenvalue weighted by Gasteiger charge is -2.19. The third kappa shape index (κ3) is 5.14. The van der Waals surface area contributed by atoms with E-state index in [0.29, 0.717) is 35.4 Å². The van der Waals surface area contributed by atoms with Gasteiger partial charge in [-0.25, -0.2) is 8.42 Å². The Morgan fingerprint density at radius 2 is 1.86 bits per heavy atom. The number of carbonyl (C=O) groups excluding carboxylic acids is 1. The molecule has 2 aromatic carbocycles. The summed E-state index contributed by atoms with van der Waals surface area (Å²) in [6, 6.07) is 10.3. The van der Waals surface area contributed by atoms with Gasteiger partial charge in [0.2, 0.25) is 15.9 Å². The van der Waals surface area contributed by atoms with Gasteiger partial charge in [-0.05, 0) is 50.6 Å². The van der Waals surface area contributed by atoms with E-state index in [2.05, 4.69) is 10.2 Å². The molecule has 188 valence electrons. The van der Waals surface area contributed by atoms with Gasteiger partial charge in [-0.1, -0.05) is 29.3 Å². The Bertz CT molecular complexity index is 1330. The summed E-state index contributed by atoms with van der Waals surface area (Å²) in [6.45, 7) is 7.91. The van der Waals surface area contributed by atoms with E-state index >= 15 is 0 Å². The highest BCUT2D eigenvalue weighted by Crippen LogP contribution is 2.33. The summed E-state index contributed by atoms with van der Waals surface area (Å²) in [5.74, 6) is 0.549. The van der Waals surface area contributed by atoms with Gasteiger partial charge in [0.05, 0.1) is 17.0 Å². The van der Waals surface area contributed by atoms with Gasteiger partial charge in [0, 0.05) is 60.1 Å². The minimum Gasteiger partial charge on any atom is -0.355 e. The third-order valence-corrected chi connectivity index (χ3v) is 8.90. The van der Waals surface area contributed by atoms with Crippen LogP contribution >= 0.6 is 23.2 Å². The Morgan fingerprint density at radius 1 is 1.17 bits per heavy atom. The maximum Gasteiger partial charge on any atom is 0.243 e. The zero-order valence-electron chi connectivity index (χ0n) is 20.0. The van der Waals surface area contributed by atoms with Crippen molar-refractivity contribution in [3.63, 3.8) is 0 Å². The van der Waals surface area contributed by atoms with E-state index in [1.807, 2.05) is 18.5 Å². The number of nitrogens with one attached hydrogen (secondary N) is 1. The third-order valence-electron chi connectivity index (χ3n) is 6.33. The molecule has 35 heavy (non-hydrogen) atoms. The lowest BCUT2D eigenvalue weighted by Crippen LogP contribution is -2.37. The molecular weight excluding hydrogens is 509 g/mol. The van der Waals surface area contributed by atoms with Gasteiger partial charge in [-0.15, -0.1) is 0 Å². The molecule has 0 radical (unpaired) electrons. The van der Waals surface area contributed by atoms with E-state index in [4.69, 9.17) is 28.3 Å². The SMILES string of the molecule is CCN(CC)c1nn(Cc2c(Cl)cccc2Cl)c2ccc(S(=O)(=O)N3CC[C@@H](NC(C)=O)C3)cc12. The topological polar surface area (TPSA) is 87.5 Å². The average Bonchev–Trinajstić information content (AvgIpc) is 3.42. The van der Waals surface area contributed by atoms with Crippen molar-refractivity contribution in [2.45, 2.75) is 44.7 Å². The predicted molar refractivity (Wildman–Crippen MR) is 140 cm³/mol. The lowest BCUT2D eigenvalue weighted by molar-refractivity contribution is -0.119. The second kappa shape index (κ2) is 10.3. The van der Waals surface area contributed by atoms with Crippen molar-refractivity contribution in [2.75, 3.05) is 31.1 Å². The number of hydrogen-bond donors (Lipinski definition) is 1. The van der Waals surface area contributed by atoms with Crippen LogP contribution in [0.5, 0.6) is 0 Å². The van der Waals surface area contributed by atoms with Crippen LogP contribution in [0.25, 0.3) is 10.9 Å². The van der Waals surface area contributed by atoms with Crippen molar-refractivity contribution < 1.29 is 13.2 Å². The summed E-state index contributed by atoms with van der Waals surface area (Å²) in [6.07, 6.45) is 0.586. The molecule has 0 bridgehead atoms. The predicted octanol–water partition coefficient (Wildman–Crippen LogP) is 4.14. The number of amides is 1. The number of carbonyl (C=O) groups is 1. The molecule has 11 heteroatoms. The van der Waals surface area contributed by atoms with Gasteiger partial charge < -0.3 is 10.2 Å². The molecule has 1 atom stereocenters. The lowest BCUT2D eigenvalue weighted by atomic mass is 10.2. The number of anilines is 1. The summed E-state index contributed by atoms with van der Waals surface area (Å²) in [7, 11) is -3.73. The van der Waals surface area contributed by atoms with Crippen LogP contribution in [0.4, 0.5) is 5.82 Å². The van der Waals surface area contributed by atoms with Crippen LogP contribution in [0, 0.1) is 0 Å². The normalized spacial score (nSPS) is 16.7. The van der Waals surface area contributed by atoms with E-state index in [9.17, 15) is 13.2 Å². The minimum absolute atomic E-state index is 0.162. The van der Waals surface area contributed by atoms with E-state index < -0.39 is 10.0 Å². The fourth-order valence-electron chi connectivity index (χ4n) is 4.51. The number of rotatable bonds is 8. The highest BCUT2D eigenvalue weighted by molar-refractivity contribution is 7.89. The monoisotopic (exact) mass is 537 g/mol. The molecule has 1 aliphatic heterocycles. The number of nitrogens with zero attached hydrogens (tertiary/aromatic N) is 4. The molecule has 0 aliphatic carbocycles. The molecule has 1 aliphatic rings. The van der Waals surface area contributed by atoms with Crippen molar-refractivity contribution in [3.8, 4) is 0 Å². The van der Waals surface area contributed by atoms with Crippen LogP contribution < -0.4 is 10.2 Å². The molecule has 8 nitrogen and oxygen atoms in total. The summed E-state index contributed by atoms with van der Waals surface area (Å²) in [5.41, 5.74) is 1.54. The summed E-state index contributed by atoms with van der Waals surface area (Å²) in [5, 5.41) is 9.50. The maximum atomic E-state index is 13.5. The van der Waals surface area contributed by atoms with Crippen molar-refractivity contribution in [3.05, 3.63) is 52.0 Å². The van der Waals surface area contributed by atoms with E-state index in [0.717, 1.165) is 29.6 Å². The van der Waals surface area contributed by atoms with Crippen LogP contribution in [0.15, 0.2) is 41.3 Å². The Hall–Kier alpha value is -2.33. The highest BCUT2D eigenvalue weighted by atomic mass is 35.5. The minimum atomic E-state index is -3.73. The first kappa shape index (κ1) is 25.8. The molecular formula is C24H29Cl2N5O3S. The van der Waals surface area contributed by atoms with Crippen LogP contribution in [-0.4, -0.2) is 60.6 Å². The van der Waals surface area contributed by atoms with Crippen molar-refractivity contribution in [1.82, 2.24) is 19.4 Å². The number of fused-ring (bicyclic) bond motifs is 1. The first-order chi connectivity index (χ1) is 16.6. The Morgan fingerprint density at radius 3 is 2.49 bits per heavy atom. The quantitative estimate of drug-likeness (QED) is 0.466. The second-order valence-electron chi connectivity index (χ2n) is 8.58. The standard InChI is InChI=1S/C24H29Cl2N5O3S/c1-4-29(5-2)24-19-13-18(35(33,34)30-12-11-17(14-30)27-16(3)32)9-10-23(19)31(28-24)15-20-21(25)7-6-8-22(20)26/h6-10,13,17H,4-5,11-12,14-15H2,1-3H3,(H,27,32)/t17-/m1/s1. The molecule has 1 N–H and O–H groups in total. The molecule has 1 saturated heterocycles. The Labute approximate surface area is 215 Å². The Balaban J connectivity index is 1.76. The van der Waals surface area contributed by atoms with Crippen LogP contribution in [-0.2, 0) is 21.4 Å². The number of aromatic nitrogens is 2. The highest BCUT2D eigenvalue weighted by Gasteiger charge is 2.33. The Kier molecular flexibility index (Phi) is 7.61. The molecule has 0 unspecified atom stereocenters. The van der Waals surface area contributed by atoms with E-state index in [1.54, 1.807) is 36.4 Å². The summed E-state index contributed by atoms with van der Waals surface area (Å²) < 4.78 is 30.2. The molecule has 4 rings (SSSR count). The molecule has 1 aromatic heterocycles. The van der Waals surface area contributed by atoms with E-state index in [1.165, 1.54) is 11.2 Å². The fourth-order valence-corrected chi connectivity index (χ4v) is 6.56. The van der Waals surface area contributed by atoms with Crippen molar-refractivity contribution in [1.29, 1.82) is 0 Å². The number of benzene rings is 2. The number of sulfonamides is 1. The molecule has 0 saturated carbocycles. The number of halogens is 2. The zero-order valence-corrected chi connectivity index (χ0v) is 22.3. The van der Waals surface area contributed by atoms with Gasteiger partial charge >= 0.3 is 0 Å². The molecule has 1 amide bonds. The zero-order chi connectivity index (χ0) is 25.3. The summed E-state index contributed by atoms with van der Waals surface area (Å²) >= 11 is 12.8. The number of hydrogen-bond acceptors (Lipinski definition) is 5. The van der Waals surface area contributed by atoms with Crippen LogP contribution in [0.2, 0.25) is 10.0 Å².